The van der Waals surface area contributed by atoms with Crippen molar-refractivity contribution in [2.75, 3.05) is 54.0 Å². The Kier molecular flexibility index (Phi) is 6.08. The van der Waals surface area contributed by atoms with Crippen LogP contribution in [0.25, 0.3) is 0 Å². The van der Waals surface area contributed by atoms with Gasteiger partial charge in [0.25, 0.3) is 5.69 Å². The minimum atomic E-state index is -0.409. The van der Waals surface area contributed by atoms with Gasteiger partial charge in [0.2, 0.25) is 11.8 Å². The third-order valence-corrected chi connectivity index (χ3v) is 7.16. The summed E-state index contributed by atoms with van der Waals surface area (Å²) in [6.07, 6.45) is 2.66. The highest BCUT2D eigenvalue weighted by Crippen LogP contribution is 2.39. The van der Waals surface area contributed by atoms with Crippen LogP contribution < -0.4 is 14.7 Å². The monoisotopic (exact) mass is 463 g/mol. The molecule has 0 aliphatic carbocycles. The molecule has 178 valence electrons. The summed E-state index contributed by atoms with van der Waals surface area (Å²) < 4.78 is 0. The highest BCUT2D eigenvalue weighted by atomic mass is 16.6. The van der Waals surface area contributed by atoms with E-state index in [2.05, 4.69) is 15.9 Å². The van der Waals surface area contributed by atoms with Gasteiger partial charge >= 0.3 is 0 Å². The van der Waals surface area contributed by atoms with E-state index >= 15 is 0 Å². The van der Waals surface area contributed by atoms with Gasteiger partial charge < -0.3 is 19.6 Å². The Labute approximate surface area is 198 Å². The van der Waals surface area contributed by atoms with Crippen molar-refractivity contribution in [3.8, 4) is 0 Å². The van der Waals surface area contributed by atoms with Gasteiger partial charge in [-0.2, -0.15) is 0 Å². The van der Waals surface area contributed by atoms with E-state index in [1.54, 1.807) is 12.1 Å². The minimum Gasteiger partial charge on any atom is -0.368 e. The van der Waals surface area contributed by atoms with E-state index in [1.165, 1.54) is 12.1 Å². The van der Waals surface area contributed by atoms with Crippen LogP contribution in [0, 0.1) is 10.1 Å². The molecule has 2 amide bonds. The fourth-order valence-electron chi connectivity index (χ4n) is 5.33. The summed E-state index contributed by atoms with van der Waals surface area (Å²) >= 11 is 0. The summed E-state index contributed by atoms with van der Waals surface area (Å²) in [6.45, 7) is 4.20. The molecule has 3 aliphatic heterocycles. The number of fused-ring (bicyclic) bond motifs is 3. The van der Waals surface area contributed by atoms with Gasteiger partial charge in [0.15, 0.2) is 0 Å². The Balaban J connectivity index is 1.14. The van der Waals surface area contributed by atoms with Crippen LogP contribution in [0.15, 0.2) is 48.5 Å². The van der Waals surface area contributed by atoms with Crippen LogP contribution in [0.1, 0.15) is 25.7 Å². The second kappa shape index (κ2) is 9.32. The highest BCUT2D eigenvalue weighted by Gasteiger charge is 2.36. The molecule has 34 heavy (non-hydrogen) atoms. The lowest BCUT2D eigenvalue weighted by Crippen LogP contribution is -2.50. The molecule has 5 rings (SSSR count). The van der Waals surface area contributed by atoms with Crippen molar-refractivity contribution in [3.05, 3.63) is 58.6 Å². The number of nitro benzene ring substituents is 1. The number of rotatable bonds is 5. The summed E-state index contributed by atoms with van der Waals surface area (Å²) in [5.41, 5.74) is 3.06. The maximum Gasteiger partial charge on any atom is 0.269 e. The van der Waals surface area contributed by atoms with Gasteiger partial charge in [-0.1, -0.05) is 12.1 Å². The van der Waals surface area contributed by atoms with Crippen molar-refractivity contribution in [3.63, 3.8) is 0 Å². The van der Waals surface area contributed by atoms with Gasteiger partial charge in [-0.25, -0.2) is 0 Å². The molecule has 0 aromatic heterocycles. The number of carbonyl (C=O) groups excluding carboxylic acids is 2. The van der Waals surface area contributed by atoms with E-state index in [0.717, 1.165) is 36.4 Å². The van der Waals surface area contributed by atoms with E-state index in [1.807, 2.05) is 28.0 Å². The topological polar surface area (TPSA) is 90.2 Å². The van der Waals surface area contributed by atoms with Crippen LogP contribution in [-0.4, -0.2) is 66.9 Å². The van der Waals surface area contributed by atoms with Crippen LogP contribution in [-0.2, 0) is 9.59 Å². The maximum atomic E-state index is 13.1. The number of nitrogens with zero attached hydrogens (tertiary/aromatic N) is 5. The number of hydrogen-bond acceptors (Lipinski definition) is 6. The van der Waals surface area contributed by atoms with Gasteiger partial charge in [-0.3, -0.25) is 19.7 Å². The fraction of sp³-hybridized carbons (Fsp3) is 0.440. The lowest BCUT2D eigenvalue weighted by Gasteiger charge is -2.40. The average molecular weight is 464 g/mol. The summed E-state index contributed by atoms with van der Waals surface area (Å²) in [7, 11) is 0. The zero-order chi connectivity index (χ0) is 23.7. The van der Waals surface area contributed by atoms with Gasteiger partial charge in [-0.05, 0) is 37.1 Å². The molecular weight excluding hydrogens is 434 g/mol. The van der Waals surface area contributed by atoms with Crippen LogP contribution in [0.5, 0.6) is 0 Å². The standard InChI is InChI=1S/C25H29N5O4/c31-24(27-16-14-26(15-17-27)19-7-9-20(10-8-19)30(33)34)11-12-25(32)29-18-21-4-3-13-28(21)22-5-1-2-6-23(22)29/h1-2,5-10,21H,3-4,11-18H2/t21-/m0/s1. The van der Waals surface area contributed by atoms with Crippen molar-refractivity contribution < 1.29 is 14.5 Å². The third kappa shape index (κ3) is 4.30. The van der Waals surface area contributed by atoms with E-state index in [0.29, 0.717) is 38.8 Å². The lowest BCUT2D eigenvalue weighted by atomic mass is 10.1. The molecule has 0 N–H and O–H groups in total. The Bertz CT molecular complexity index is 1080. The smallest absolute Gasteiger partial charge is 0.269 e. The van der Waals surface area contributed by atoms with Gasteiger partial charge in [0.05, 0.1) is 16.3 Å². The number of carbonyl (C=O) groups is 2. The molecule has 2 fully saturated rings. The van der Waals surface area contributed by atoms with Gasteiger partial charge in [0.1, 0.15) is 0 Å². The molecule has 0 saturated carbocycles. The predicted octanol–water partition coefficient (Wildman–Crippen LogP) is 3.04. The molecule has 2 aromatic carbocycles. The van der Waals surface area contributed by atoms with Crippen molar-refractivity contribution in [2.24, 2.45) is 0 Å². The normalized spacial score (nSPS) is 19.6. The summed E-state index contributed by atoms with van der Waals surface area (Å²) in [6, 6.07) is 14.9. The molecule has 0 radical (unpaired) electrons. The molecule has 1 atom stereocenters. The van der Waals surface area contributed by atoms with E-state index in [9.17, 15) is 19.7 Å². The second-order valence-electron chi connectivity index (χ2n) is 9.12. The average Bonchev–Trinajstić information content (AvgIpc) is 3.36. The number of piperazine rings is 1. The lowest BCUT2D eigenvalue weighted by molar-refractivity contribution is -0.384. The Morgan fingerprint density at radius 2 is 1.56 bits per heavy atom. The summed E-state index contributed by atoms with van der Waals surface area (Å²) in [5.74, 6) is 0.0151. The zero-order valence-electron chi connectivity index (χ0n) is 19.1. The number of non-ortho nitro benzene ring substituents is 1. The molecule has 3 heterocycles. The third-order valence-electron chi connectivity index (χ3n) is 7.16. The Hall–Kier alpha value is -3.62. The van der Waals surface area contributed by atoms with Crippen molar-refractivity contribution in [1.82, 2.24) is 4.90 Å². The zero-order valence-corrected chi connectivity index (χ0v) is 19.1. The molecule has 2 aromatic rings. The van der Waals surface area contributed by atoms with E-state index < -0.39 is 4.92 Å². The quantitative estimate of drug-likeness (QED) is 0.500. The van der Waals surface area contributed by atoms with Crippen LogP contribution >= 0.6 is 0 Å². The number of hydrogen-bond donors (Lipinski definition) is 0. The van der Waals surface area contributed by atoms with Gasteiger partial charge in [-0.15, -0.1) is 0 Å². The number of nitro groups is 1. The molecule has 2 saturated heterocycles. The Morgan fingerprint density at radius 3 is 2.26 bits per heavy atom. The largest absolute Gasteiger partial charge is 0.368 e. The first kappa shape index (κ1) is 22.2. The molecular formula is C25H29N5O4. The molecule has 9 heteroatoms. The molecule has 0 bridgehead atoms. The maximum absolute atomic E-state index is 13.1. The molecule has 0 spiro atoms. The molecule has 3 aliphatic rings. The van der Waals surface area contributed by atoms with E-state index in [-0.39, 0.29) is 30.3 Å². The number of benzene rings is 2. The summed E-state index contributed by atoms with van der Waals surface area (Å²) in [5, 5.41) is 10.8. The van der Waals surface area contributed by atoms with Gasteiger partial charge in [0, 0.05) is 76.0 Å². The number of amides is 2. The van der Waals surface area contributed by atoms with Crippen LogP contribution in [0.2, 0.25) is 0 Å². The first-order chi connectivity index (χ1) is 16.5. The minimum absolute atomic E-state index is 0.00415. The fourth-order valence-corrected chi connectivity index (χ4v) is 5.33. The Morgan fingerprint density at radius 1 is 0.882 bits per heavy atom. The van der Waals surface area contributed by atoms with Crippen molar-refractivity contribution in [1.29, 1.82) is 0 Å². The van der Waals surface area contributed by atoms with Crippen LogP contribution in [0.3, 0.4) is 0 Å². The first-order valence-electron chi connectivity index (χ1n) is 11.9. The van der Waals surface area contributed by atoms with E-state index in [4.69, 9.17) is 0 Å². The van der Waals surface area contributed by atoms with Crippen molar-refractivity contribution >= 4 is 34.6 Å². The summed E-state index contributed by atoms with van der Waals surface area (Å²) in [4.78, 5) is 44.6. The highest BCUT2D eigenvalue weighted by molar-refractivity contribution is 5.99. The SMILES string of the molecule is O=C(CCC(=O)N1C[C@@H]2CCCN2c2ccccc21)N1CCN(c2ccc([N+](=O)[O-])cc2)CC1. The van der Waals surface area contributed by atoms with Crippen molar-refractivity contribution in [2.45, 2.75) is 31.7 Å². The molecule has 0 unspecified atom stereocenters. The predicted molar refractivity (Wildman–Crippen MR) is 130 cm³/mol. The van der Waals surface area contributed by atoms with Crippen LogP contribution in [0.4, 0.5) is 22.7 Å². The molecule has 9 nitrogen and oxygen atoms in total. The second-order valence-corrected chi connectivity index (χ2v) is 9.12. The number of para-hydroxylation sites is 2. The first-order valence-corrected chi connectivity index (χ1v) is 11.9. The number of anilines is 3.